The number of hydrogen-bond donors (Lipinski definition) is 1. The van der Waals surface area contributed by atoms with E-state index in [-0.39, 0.29) is 11.8 Å². The molecular weight excluding hydrogens is 316 g/mol. The molecule has 0 atom stereocenters. The number of nitrogens with zero attached hydrogens (tertiary/aromatic N) is 1. The molecular formula is C20H32N2O3. The van der Waals surface area contributed by atoms with Crippen LogP contribution in [0.5, 0.6) is 0 Å². The van der Waals surface area contributed by atoms with E-state index in [0.29, 0.717) is 18.4 Å². The molecule has 0 unspecified atom stereocenters. The first kappa shape index (κ1) is 18.4. The number of piperidine rings is 1. The molecule has 2 spiro atoms. The van der Waals surface area contributed by atoms with E-state index in [9.17, 15) is 9.59 Å². The topological polar surface area (TPSA) is 58.6 Å². The monoisotopic (exact) mass is 348 g/mol. The smallest absolute Gasteiger partial charge is 0.254 e. The van der Waals surface area contributed by atoms with Crippen molar-refractivity contribution in [2.75, 3.05) is 0 Å². The predicted molar refractivity (Wildman–Crippen MR) is 96.8 cm³/mol. The standard InChI is InChI=1S/C20H32N2O3/c1-14(2)15(23)22-17(3,4)12-19(13-18(22,5)6)16(24)21-20(25-19)10-8-7-9-11-20/h1,7-13H2,2-6H3,(H,21,24). The van der Waals surface area contributed by atoms with Crippen molar-refractivity contribution in [2.24, 2.45) is 0 Å². The quantitative estimate of drug-likeness (QED) is 0.740. The van der Waals surface area contributed by atoms with E-state index in [0.717, 1.165) is 25.7 Å². The van der Waals surface area contributed by atoms with Crippen LogP contribution in [0.1, 0.15) is 79.6 Å². The normalized spacial score (nSPS) is 28.8. The third-order valence-corrected chi connectivity index (χ3v) is 6.02. The Morgan fingerprint density at radius 1 is 1.08 bits per heavy atom. The average Bonchev–Trinajstić information content (AvgIpc) is 2.67. The largest absolute Gasteiger partial charge is 0.339 e. The Morgan fingerprint density at radius 2 is 1.60 bits per heavy atom. The lowest BCUT2D eigenvalue weighted by Gasteiger charge is -2.57. The van der Waals surface area contributed by atoms with E-state index in [4.69, 9.17) is 4.74 Å². The summed E-state index contributed by atoms with van der Waals surface area (Å²) in [5.74, 6) is -0.0476. The number of carbonyl (C=O) groups excluding carboxylic acids is 2. The molecule has 5 nitrogen and oxygen atoms in total. The van der Waals surface area contributed by atoms with Crippen molar-refractivity contribution < 1.29 is 14.3 Å². The zero-order valence-corrected chi connectivity index (χ0v) is 16.3. The molecule has 0 radical (unpaired) electrons. The second-order valence-electron chi connectivity index (χ2n) is 9.50. The molecule has 25 heavy (non-hydrogen) atoms. The molecule has 0 bridgehead atoms. The van der Waals surface area contributed by atoms with Crippen LogP contribution in [0.25, 0.3) is 0 Å². The van der Waals surface area contributed by atoms with Crippen molar-refractivity contribution in [3.05, 3.63) is 12.2 Å². The summed E-state index contributed by atoms with van der Waals surface area (Å²) in [6.07, 6.45) is 6.16. The molecule has 2 saturated heterocycles. The van der Waals surface area contributed by atoms with Gasteiger partial charge in [-0.15, -0.1) is 0 Å². The highest BCUT2D eigenvalue weighted by Gasteiger charge is 2.64. The molecule has 140 valence electrons. The van der Waals surface area contributed by atoms with Gasteiger partial charge in [0.2, 0.25) is 5.91 Å². The molecule has 2 aliphatic heterocycles. The van der Waals surface area contributed by atoms with E-state index < -0.39 is 22.4 Å². The van der Waals surface area contributed by atoms with Crippen LogP contribution in [-0.4, -0.2) is 39.1 Å². The van der Waals surface area contributed by atoms with Gasteiger partial charge >= 0.3 is 0 Å². The first-order valence-electron chi connectivity index (χ1n) is 9.46. The van der Waals surface area contributed by atoms with E-state index >= 15 is 0 Å². The lowest BCUT2D eigenvalue weighted by atomic mass is 9.70. The fourth-order valence-electron chi connectivity index (χ4n) is 5.53. The predicted octanol–water partition coefficient (Wildman–Crippen LogP) is 3.29. The summed E-state index contributed by atoms with van der Waals surface area (Å²) in [5.41, 5.74) is -1.80. The van der Waals surface area contributed by atoms with Crippen LogP contribution in [-0.2, 0) is 14.3 Å². The van der Waals surface area contributed by atoms with Crippen molar-refractivity contribution in [1.82, 2.24) is 10.2 Å². The van der Waals surface area contributed by atoms with Gasteiger partial charge in [0.25, 0.3) is 5.91 Å². The summed E-state index contributed by atoms with van der Waals surface area (Å²) < 4.78 is 6.57. The van der Waals surface area contributed by atoms with Crippen LogP contribution in [0.3, 0.4) is 0 Å². The summed E-state index contributed by atoms with van der Waals surface area (Å²) in [6, 6.07) is 0. The van der Waals surface area contributed by atoms with Crippen molar-refractivity contribution in [1.29, 1.82) is 0 Å². The maximum atomic E-state index is 13.1. The van der Waals surface area contributed by atoms with Crippen LogP contribution in [0.15, 0.2) is 12.2 Å². The van der Waals surface area contributed by atoms with Gasteiger partial charge in [-0.3, -0.25) is 9.59 Å². The third-order valence-electron chi connectivity index (χ3n) is 6.02. The number of carbonyl (C=O) groups is 2. The average molecular weight is 348 g/mol. The third kappa shape index (κ3) is 2.90. The highest BCUT2D eigenvalue weighted by atomic mass is 16.6. The molecule has 1 aliphatic carbocycles. The molecule has 3 fully saturated rings. The molecule has 5 heteroatoms. The van der Waals surface area contributed by atoms with Crippen LogP contribution in [0.4, 0.5) is 0 Å². The second-order valence-corrected chi connectivity index (χ2v) is 9.50. The van der Waals surface area contributed by atoms with Crippen LogP contribution < -0.4 is 5.32 Å². The van der Waals surface area contributed by atoms with Crippen LogP contribution >= 0.6 is 0 Å². The first-order chi connectivity index (χ1) is 11.4. The Labute approximate surface area is 151 Å². The molecule has 0 aromatic rings. The minimum atomic E-state index is -0.851. The zero-order chi connectivity index (χ0) is 18.7. The minimum Gasteiger partial charge on any atom is -0.339 e. The number of rotatable bonds is 1. The van der Waals surface area contributed by atoms with Gasteiger partial charge < -0.3 is 15.0 Å². The van der Waals surface area contributed by atoms with Crippen molar-refractivity contribution in [3.63, 3.8) is 0 Å². The van der Waals surface area contributed by atoms with Gasteiger partial charge in [-0.25, -0.2) is 0 Å². The molecule has 1 N–H and O–H groups in total. The molecule has 3 rings (SSSR count). The van der Waals surface area contributed by atoms with Crippen LogP contribution in [0, 0.1) is 0 Å². The summed E-state index contributed by atoms with van der Waals surface area (Å²) in [5, 5.41) is 3.19. The van der Waals surface area contributed by atoms with Crippen LogP contribution in [0.2, 0.25) is 0 Å². The Kier molecular flexibility index (Phi) is 4.10. The minimum absolute atomic E-state index is 0.00188. The molecule has 2 heterocycles. The fraction of sp³-hybridized carbons (Fsp3) is 0.800. The zero-order valence-electron chi connectivity index (χ0n) is 16.3. The highest BCUT2D eigenvalue weighted by molar-refractivity contribution is 5.94. The first-order valence-corrected chi connectivity index (χ1v) is 9.46. The number of likely N-dealkylation sites (tertiary alicyclic amines) is 1. The second kappa shape index (κ2) is 5.57. The highest BCUT2D eigenvalue weighted by Crippen LogP contribution is 2.51. The van der Waals surface area contributed by atoms with Gasteiger partial charge in [0, 0.05) is 29.5 Å². The van der Waals surface area contributed by atoms with Gasteiger partial charge in [-0.2, -0.15) is 0 Å². The Bertz CT molecular complexity index is 596. The van der Waals surface area contributed by atoms with E-state index in [1.165, 1.54) is 6.42 Å². The number of hydrogen-bond acceptors (Lipinski definition) is 3. The van der Waals surface area contributed by atoms with Crippen molar-refractivity contribution >= 4 is 11.8 Å². The maximum Gasteiger partial charge on any atom is 0.254 e. The molecule has 0 aromatic heterocycles. The van der Waals surface area contributed by atoms with E-state index in [1.54, 1.807) is 6.92 Å². The fourth-order valence-corrected chi connectivity index (χ4v) is 5.53. The summed E-state index contributed by atoms with van der Waals surface area (Å²) in [6.45, 7) is 13.7. The van der Waals surface area contributed by atoms with E-state index in [2.05, 4.69) is 11.9 Å². The molecule has 1 saturated carbocycles. The van der Waals surface area contributed by atoms with Gasteiger partial charge in [0.15, 0.2) is 5.60 Å². The SMILES string of the molecule is C=C(C)C(=O)N1C(C)(C)CC2(CC1(C)C)OC1(CCCCC1)NC2=O. The Hall–Kier alpha value is -1.36. The lowest BCUT2D eigenvalue weighted by Crippen LogP contribution is -2.68. The lowest BCUT2D eigenvalue weighted by molar-refractivity contribution is -0.195. The molecule has 3 aliphatic rings. The molecule has 2 amide bonds. The summed E-state index contributed by atoms with van der Waals surface area (Å²) in [4.78, 5) is 27.7. The van der Waals surface area contributed by atoms with Crippen molar-refractivity contribution in [2.45, 2.75) is 102 Å². The number of amides is 2. The molecule has 0 aromatic carbocycles. The van der Waals surface area contributed by atoms with E-state index in [1.807, 2.05) is 32.6 Å². The number of ether oxygens (including phenoxy) is 1. The van der Waals surface area contributed by atoms with Gasteiger partial charge in [0.1, 0.15) is 5.72 Å². The van der Waals surface area contributed by atoms with Gasteiger partial charge in [-0.1, -0.05) is 13.0 Å². The summed E-state index contributed by atoms with van der Waals surface area (Å²) in [7, 11) is 0. The van der Waals surface area contributed by atoms with Crippen molar-refractivity contribution in [3.8, 4) is 0 Å². The van der Waals surface area contributed by atoms with Gasteiger partial charge in [-0.05, 0) is 60.3 Å². The Morgan fingerprint density at radius 3 is 2.08 bits per heavy atom. The Balaban J connectivity index is 1.95. The number of nitrogens with one attached hydrogen (secondary N) is 1. The maximum absolute atomic E-state index is 13.1. The summed E-state index contributed by atoms with van der Waals surface area (Å²) >= 11 is 0. The van der Waals surface area contributed by atoms with Gasteiger partial charge in [0.05, 0.1) is 0 Å².